The number of aliphatic hydroxyl groups is 1. The van der Waals surface area contributed by atoms with Crippen molar-refractivity contribution in [3.63, 3.8) is 0 Å². The normalized spacial score (nSPS) is 14.8. The molecule has 1 amide bonds. The van der Waals surface area contributed by atoms with Gasteiger partial charge in [-0.25, -0.2) is 0 Å². The van der Waals surface area contributed by atoms with E-state index in [1.54, 1.807) is 35.7 Å². The fourth-order valence-corrected chi connectivity index (χ4v) is 7.18. The summed E-state index contributed by atoms with van der Waals surface area (Å²) < 4.78 is 12.3. The molecule has 3 aromatic carbocycles. The number of ketones is 1. The standard InChI is InChI=1S/C32H25N3O5S3/c1-39-24-17-22(14-15-23(24)40-18-20-9-4-2-5-10-20)27-26(28(36)25-13-8-16-41-25)29(37)30(38)35(27)31-33-34-32(43-31)42-19-21-11-6-3-7-12-21/h2-17,27,37H,18-19H2,1H3. The second-order valence-electron chi connectivity index (χ2n) is 9.46. The third-order valence-corrected chi connectivity index (χ3v) is 9.74. The molecule has 1 N–H and O–H groups in total. The van der Waals surface area contributed by atoms with E-state index in [1.165, 1.54) is 46.4 Å². The van der Waals surface area contributed by atoms with Crippen molar-refractivity contribution < 1.29 is 24.2 Å². The SMILES string of the molecule is COc1cc(C2C(C(=O)c3cccs3)=C(O)C(=O)N2c2nnc(SCc3ccccc3)s2)ccc1OCc1ccccc1. The van der Waals surface area contributed by atoms with Gasteiger partial charge in [-0.05, 0) is 40.3 Å². The smallest absolute Gasteiger partial charge is 0.296 e. The highest BCUT2D eigenvalue weighted by molar-refractivity contribution is 8.00. The van der Waals surface area contributed by atoms with Gasteiger partial charge in [-0.15, -0.1) is 21.5 Å². The van der Waals surface area contributed by atoms with Crippen LogP contribution in [0.1, 0.15) is 32.4 Å². The summed E-state index contributed by atoms with van der Waals surface area (Å²) in [4.78, 5) is 29.0. The molecule has 0 bridgehead atoms. The summed E-state index contributed by atoms with van der Waals surface area (Å²) in [6.45, 7) is 0.335. The van der Waals surface area contributed by atoms with Gasteiger partial charge in [-0.2, -0.15) is 0 Å². The zero-order chi connectivity index (χ0) is 29.8. The lowest BCUT2D eigenvalue weighted by Crippen LogP contribution is -2.31. The molecule has 0 aliphatic carbocycles. The molecule has 1 aliphatic rings. The average molecular weight is 628 g/mol. The fourth-order valence-electron chi connectivity index (χ4n) is 4.68. The summed E-state index contributed by atoms with van der Waals surface area (Å²) in [5.41, 5.74) is 2.65. The van der Waals surface area contributed by atoms with Gasteiger partial charge in [0.1, 0.15) is 6.61 Å². The van der Waals surface area contributed by atoms with Gasteiger partial charge in [-0.1, -0.05) is 95.9 Å². The van der Waals surface area contributed by atoms with Crippen molar-refractivity contribution in [1.29, 1.82) is 0 Å². The summed E-state index contributed by atoms with van der Waals surface area (Å²) in [6.07, 6.45) is 0. The third kappa shape index (κ3) is 6.05. The van der Waals surface area contributed by atoms with Crippen LogP contribution in [0, 0.1) is 0 Å². The molecule has 0 spiro atoms. The minimum Gasteiger partial charge on any atom is -0.503 e. The molecule has 1 aliphatic heterocycles. The second-order valence-corrected chi connectivity index (χ2v) is 12.6. The van der Waals surface area contributed by atoms with Crippen LogP contribution in [-0.4, -0.2) is 34.1 Å². The third-order valence-electron chi connectivity index (χ3n) is 6.75. The van der Waals surface area contributed by atoms with Crippen LogP contribution < -0.4 is 14.4 Å². The summed E-state index contributed by atoms with van der Waals surface area (Å²) in [6, 6.07) is 27.4. The van der Waals surface area contributed by atoms with Crippen LogP contribution >= 0.6 is 34.4 Å². The highest BCUT2D eigenvalue weighted by Crippen LogP contribution is 2.45. The summed E-state index contributed by atoms with van der Waals surface area (Å²) in [5, 5.41) is 21.8. The van der Waals surface area contributed by atoms with E-state index in [2.05, 4.69) is 10.2 Å². The van der Waals surface area contributed by atoms with E-state index in [1.807, 2.05) is 60.7 Å². The molecule has 0 fully saturated rings. The van der Waals surface area contributed by atoms with E-state index < -0.39 is 23.5 Å². The Morgan fingerprint density at radius 2 is 1.70 bits per heavy atom. The van der Waals surface area contributed by atoms with Crippen LogP contribution in [0.4, 0.5) is 5.13 Å². The number of methoxy groups -OCH3 is 1. The predicted octanol–water partition coefficient (Wildman–Crippen LogP) is 7.26. The Bertz CT molecular complexity index is 1770. The van der Waals surface area contributed by atoms with Crippen molar-refractivity contribution in [1.82, 2.24) is 10.2 Å². The van der Waals surface area contributed by atoms with Crippen LogP contribution in [0.25, 0.3) is 0 Å². The number of nitrogens with zero attached hydrogens (tertiary/aromatic N) is 3. The Labute approximate surface area is 260 Å². The largest absolute Gasteiger partial charge is 0.503 e. The van der Waals surface area contributed by atoms with Gasteiger partial charge in [0, 0.05) is 5.75 Å². The number of rotatable bonds is 11. The maximum Gasteiger partial charge on any atom is 0.296 e. The number of aromatic nitrogens is 2. The number of Topliss-reactive ketones (excluding diaryl/α,β-unsaturated/α-hetero) is 1. The van der Waals surface area contributed by atoms with E-state index in [4.69, 9.17) is 9.47 Å². The number of benzene rings is 3. The number of thiophene rings is 1. The highest BCUT2D eigenvalue weighted by Gasteiger charge is 2.46. The molecule has 216 valence electrons. The zero-order valence-corrected chi connectivity index (χ0v) is 25.3. The Morgan fingerprint density at radius 3 is 2.40 bits per heavy atom. The lowest BCUT2D eigenvalue weighted by Gasteiger charge is -2.24. The molecule has 2 aromatic heterocycles. The molecular weight excluding hydrogens is 603 g/mol. The van der Waals surface area contributed by atoms with Crippen molar-refractivity contribution in [2.75, 3.05) is 12.0 Å². The van der Waals surface area contributed by atoms with Gasteiger partial charge in [0.2, 0.25) is 10.9 Å². The molecule has 5 aromatic rings. The first kappa shape index (κ1) is 28.7. The van der Waals surface area contributed by atoms with E-state index >= 15 is 0 Å². The summed E-state index contributed by atoms with van der Waals surface area (Å²) in [7, 11) is 1.53. The van der Waals surface area contributed by atoms with Crippen molar-refractivity contribution in [3.8, 4) is 11.5 Å². The van der Waals surface area contributed by atoms with Gasteiger partial charge < -0.3 is 14.6 Å². The Kier molecular flexibility index (Phi) is 8.55. The predicted molar refractivity (Wildman–Crippen MR) is 168 cm³/mol. The molecule has 0 radical (unpaired) electrons. The van der Waals surface area contributed by atoms with E-state index in [0.717, 1.165) is 11.1 Å². The van der Waals surface area contributed by atoms with Crippen LogP contribution in [0.2, 0.25) is 0 Å². The number of anilines is 1. The number of carbonyl (C=O) groups is 2. The first-order chi connectivity index (χ1) is 21.0. The van der Waals surface area contributed by atoms with Crippen LogP contribution in [0.15, 0.2) is 112 Å². The van der Waals surface area contributed by atoms with E-state index in [-0.39, 0.29) is 10.7 Å². The van der Waals surface area contributed by atoms with Gasteiger partial charge in [-0.3, -0.25) is 14.5 Å². The first-order valence-electron chi connectivity index (χ1n) is 13.2. The van der Waals surface area contributed by atoms with Crippen LogP contribution in [-0.2, 0) is 17.2 Å². The molecule has 3 heterocycles. The monoisotopic (exact) mass is 627 g/mol. The average Bonchev–Trinajstić information content (AvgIpc) is 3.81. The van der Waals surface area contributed by atoms with Crippen molar-refractivity contribution >= 4 is 51.3 Å². The number of amides is 1. The van der Waals surface area contributed by atoms with Crippen molar-refractivity contribution in [2.45, 2.75) is 22.7 Å². The lowest BCUT2D eigenvalue weighted by atomic mass is 9.95. The molecule has 1 unspecified atom stereocenters. The molecular formula is C32H25N3O5S3. The number of hydrogen-bond acceptors (Lipinski definition) is 10. The lowest BCUT2D eigenvalue weighted by molar-refractivity contribution is -0.117. The molecule has 11 heteroatoms. The second kappa shape index (κ2) is 12.8. The maximum atomic E-state index is 13.7. The maximum absolute atomic E-state index is 13.7. The Balaban J connectivity index is 1.34. The van der Waals surface area contributed by atoms with Crippen LogP contribution in [0.5, 0.6) is 11.5 Å². The number of ether oxygens (including phenoxy) is 2. The minimum atomic E-state index is -0.959. The van der Waals surface area contributed by atoms with Crippen molar-refractivity contribution in [3.05, 3.63) is 129 Å². The van der Waals surface area contributed by atoms with E-state index in [0.29, 0.717) is 38.6 Å². The number of carbonyl (C=O) groups excluding carboxylic acids is 2. The molecule has 0 saturated heterocycles. The summed E-state index contributed by atoms with van der Waals surface area (Å²) >= 11 is 3.97. The van der Waals surface area contributed by atoms with Gasteiger partial charge >= 0.3 is 0 Å². The Hall–Kier alpha value is -4.45. The number of hydrogen-bond donors (Lipinski definition) is 1. The van der Waals surface area contributed by atoms with Gasteiger partial charge in [0.25, 0.3) is 5.91 Å². The number of aliphatic hydroxyl groups excluding tert-OH is 1. The van der Waals surface area contributed by atoms with E-state index in [9.17, 15) is 14.7 Å². The summed E-state index contributed by atoms with van der Waals surface area (Å²) in [5.74, 6) is -0.156. The van der Waals surface area contributed by atoms with Gasteiger partial charge in [0.05, 0.1) is 23.6 Å². The first-order valence-corrected chi connectivity index (χ1v) is 15.9. The minimum absolute atomic E-state index is 0.0267. The molecule has 43 heavy (non-hydrogen) atoms. The zero-order valence-electron chi connectivity index (χ0n) is 22.9. The molecule has 8 nitrogen and oxygen atoms in total. The number of thioether (sulfide) groups is 1. The molecule has 6 rings (SSSR count). The Morgan fingerprint density at radius 1 is 0.953 bits per heavy atom. The molecule has 1 atom stereocenters. The quantitative estimate of drug-likeness (QED) is 0.0928. The fraction of sp³-hybridized carbons (Fsp3) is 0.125. The molecule has 0 saturated carbocycles. The van der Waals surface area contributed by atoms with Crippen LogP contribution in [0.3, 0.4) is 0 Å². The van der Waals surface area contributed by atoms with Crippen molar-refractivity contribution in [2.24, 2.45) is 0 Å². The van der Waals surface area contributed by atoms with Gasteiger partial charge in [0.15, 0.2) is 21.6 Å². The topological polar surface area (TPSA) is 102 Å². The highest BCUT2D eigenvalue weighted by atomic mass is 32.2.